The predicted molar refractivity (Wildman–Crippen MR) is 90.4 cm³/mol. The molecule has 2 rings (SSSR count). The number of nitrogens with zero attached hydrogens (tertiary/aromatic N) is 2. The molecule has 0 radical (unpaired) electrons. The van der Waals surface area contributed by atoms with Gasteiger partial charge in [-0.1, -0.05) is 13.0 Å². The Morgan fingerprint density at radius 3 is 2.65 bits per heavy atom. The van der Waals surface area contributed by atoms with Crippen molar-refractivity contribution in [2.75, 3.05) is 19.5 Å². The summed E-state index contributed by atoms with van der Waals surface area (Å²) in [5.41, 5.74) is 3.11. The zero-order valence-electron chi connectivity index (χ0n) is 12.1. The molecule has 0 saturated carbocycles. The molecule has 4 nitrogen and oxygen atoms in total. The second-order valence-electron chi connectivity index (χ2n) is 4.46. The number of anilines is 1. The molecule has 1 heterocycles. The van der Waals surface area contributed by atoms with Gasteiger partial charge in [-0.15, -0.1) is 0 Å². The van der Waals surface area contributed by atoms with Gasteiger partial charge in [-0.25, -0.2) is 9.97 Å². The fourth-order valence-corrected chi connectivity index (χ4v) is 2.89. The Morgan fingerprint density at radius 1 is 1.30 bits per heavy atom. The molecule has 2 aromatic rings. The second kappa shape index (κ2) is 6.39. The average Bonchev–Trinajstić information content (AvgIpc) is 2.47. The molecule has 0 aliphatic carbocycles. The summed E-state index contributed by atoms with van der Waals surface area (Å²) in [5, 5.41) is 3.13. The van der Waals surface area contributed by atoms with Crippen molar-refractivity contribution in [1.82, 2.24) is 9.97 Å². The van der Waals surface area contributed by atoms with Gasteiger partial charge in [0, 0.05) is 7.05 Å². The lowest BCUT2D eigenvalue weighted by atomic mass is 10.1. The minimum Gasteiger partial charge on any atom is -0.496 e. The van der Waals surface area contributed by atoms with Gasteiger partial charge in [-0.2, -0.15) is 0 Å². The Morgan fingerprint density at radius 2 is 2.05 bits per heavy atom. The van der Waals surface area contributed by atoms with Crippen LogP contribution in [0, 0.1) is 10.5 Å². The van der Waals surface area contributed by atoms with Gasteiger partial charge in [0.15, 0.2) is 5.82 Å². The van der Waals surface area contributed by atoms with Crippen LogP contribution in [0.5, 0.6) is 5.75 Å². The molecule has 0 saturated heterocycles. The molecule has 106 valence electrons. The van der Waals surface area contributed by atoms with Gasteiger partial charge in [-0.3, -0.25) is 0 Å². The summed E-state index contributed by atoms with van der Waals surface area (Å²) in [5.74, 6) is 2.36. The van der Waals surface area contributed by atoms with Crippen LogP contribution < -0.4 is 10.1 Å². The highest BCUT2D eigenvalue weighted by molar-refractivity contribution is 14.1. The number of methoxy groups -OCH3 is 1. The van der Waals surface area contributed by atoms with E-state index >= 15 is 0 Å². The van der Waals surface area contributed by atoms with Gasteiger partial charge in [-0.05, 0) is 53.6 Å². The van der Waals surface area contributed by atoms with Crippen molar-refractivity contribution in [3.63, 3.8) is 0 Å². The fourth-order valence-electron chi connectivity index (χ4n) is 2.00. The molecular formula is C15H18IN3O. The first-order chi connectivity index (χ1) is 9.60. The minimum atomic E-state index is 0.698. The lowest BCUT2D eigenvalue weighted by Gasteiger charge is -2.12. The summed E-state index contributed by atoms with van der Waals surface area (Å²) in [7, 11) is 3.55. The van der Waals surface area contributed by atoms with Gasteiger partial charge >= 0.3 is 0 Å². The van der Waals surface area contributed by atoms with Gasteiger partial charge in [0.05, 0.1) is 21.9 Å². The molecule has 1 aromatic carbocycles. The number of rotatable bonds is 4. The van der Waals surface area contributed by atoms with E-state index in [4.69, 9.17) is 4.74 Å². The molecule has 1 N–H and O–H groups in total. The molecule has 1 aromatic heterocycles. The Balaban J connectivity index is 2.63. The van der Waals surface area contributed by atoms with E-state index < -0.39 is 0 Å². The number of benzene rings is 1. The Hall–Kier alpha value is -1.37. The maximum absolute atomic E-state index is 5.46. The van der Waals surface area contributed by atoms with Crippen molar-refractivity contribution in [3.05, 3.63) is 33.0 Å². The van der Waals surface area contributed by atoms with Crippen molar-refractivity contribution in [3.8, 4) is 17.1 Å². The molecule has 0 unspecified atom stereocenters. The number of hydrogen-bond donors (Lipinski definition) is 1. The Labute approximate surface area is 133 Å². The van der Waals surface area contributed by atoms with E-state index in [1.807, 2.05) is 32.2 Å². The summed E-state index contributed by atoms with van der Waals surface area (Å²) in [6.07, 6.45) is 0.872. The second-order valence-corrected chi connectivity index (χ2v) is 5.54. The van der Waals surface area contributed by atoms with Crippen LogP contribution in [0.4, 0.5) is 5.82 Å². The number of aryl methyl sites for hydroxylation is 2. The summed E-state index contributed by atoms with van der Waals surface area (Å²) < 4.78 is 6.53. The van der Waals surface area contributed by atoms with E-state index in [0.29, 0.717) is 5.82 Å². The van der Waals surface area contributed by atoms with Crippen LogP contribution in [0.2, 0.25) is 0 Å². The van der Waals surface area contributed by atoms with Gasteiger partial charge in [0.2, 0.25) is 0 Å². The third kappa shape index (κ3) is 2.87. The predicted octanol–water partition coefficient (Wildman–Crippen LogP) is 3.67. The van der Waals surface area contributed by atoms with Crippen molar-refractivity contribution >= 4 is 28.4 Å². The highest BCUT2D eigenvalue weighted by Crippen LogP contribution is 2.31. The van der Waals surface area contributed by atoms with Gasteiger partial charge in [0.1, 0.15) is 11.6 Å². The maximum atomic E-state index is 5.46. The van der Waals surface area contributed by atoms with E-state index in [0.717, 1.165) is 38.4 Å². The lowest BCUT2D eigenvalue weighted by Crippen LogP contribution is -2.05. The van der Waals surface area contributed by atoms with E-state index in [2.05, 4.69) is 44.8 Å². The Bertz CT molecular complexity index is 604. The number of aromatic nitrogens is 2. The fraction of sp³-hybridized carbons (Fsp3) is 0.333. The quantitative estimate of drug-likeness (QED) is 0.819. The molecule has 5 heteroatoms. The first kappa shape index (κ1) is 15.0. The number of ether oxygens (including phenoxy) is 1. The first-order valence-corrected chi connectivity index (χ1v) is 7.57. The largest absolute Gasteiger partial charge is 0.496 e. The number of hydrogen-bond acceptors (Lipinski definition) is 4. The number of nitrogens with one attached hydrogen (secondary N) is 1. The zero-order chi connectivity index (χ0) is 14.7. The highest BCUT2D eigenvalue weighted by Gasteiger charge is 2.14. The molecular weight excluding hydrogens is 365 g/mol. The van der Waals surface area contributed by atoms with Crippen molar-refractivity contribution in [1.29, 1.82) is 0 Å². The van der Waals surface area contributed by atoms with E-state index in [1.54, 1.807) is 7.11 Å². The molecule has 0 aliphatic heterocycles. The van der Waals surface area contributed by atoms with E-state index in [1.165, 1.54) is 0 Å². The van der Waals surface area contributed by atoms with Crippen LogP contribution >= 0.6 is 22.6 Å². The molecule has 0 spiro atoms. The van der Waals surface area contributed by atoms with Crippen LogP contribution in [0.3, 0.4) is 0 Å². The summed E-state index contributed by atoms with van der Waals surface area (Å²) in [4.78, 5) is 9.27. The van der Waals surface area contributed by atoms with Gasteiger partial charge in [0.25, 0.3) is 0 Å². The van der Waals surface area contributed by atoms with Gasteiger partial charge < -0.3 is 10.1 Å². The third-order valence-corrected chi connectivity index (χ3v) is 4.22. The standard InChI is InChI=1S/C15H18IN3O/c1-5-11-13(16)15(17-3)19-14(18-11)10-7-6-9(2)8-12(10)20-4/h6-8H,5H2,1-4H3,(H,17,18,19). The van der Waals surface area contributed by atoms with Crippen LogP contribution in [-0.2, 0) is 6.42 Å². The van der Waals surface area contributed by atoms with Crippen LogP contribution in [0.1, 0.15) is 18.2 Å². The molecule has 0 bridgehead atoms. The van der Waals surface area contributed by atoms with E-state index in [-0.39, 0.29) is 0 Å². The van der Waals surface area contributed by atoms with Crippen LogP contribution in [-0.4, -0.2) is 24.1 Å². The summed E-state index contributed by atoms with van der Waals surface area (Å²) >= 11 is 2.28. The molecule has 20 heavy (non-hydrogen) atoms. The summed E-state index contributed by atoms with van der Waals surface area (Å²) in [6.45, 7) is 4.14. The van der Waals surface area contributed by atoms with Crippen molar-refractivity contribution < 1.29 is 4.74 Å². The third-order valence-electron chi connectivity index (χ3n) is 3.09. The van der Waals surface area contributed by atoms with Crippen molar-refractivity contribution in [2.24, 2.45) is 0 Å². The highest BCUT2D eigenvalue weighted by atomic mass is 127. The normalized spacial score (nSPS) is 10.4. The molecule has 0 aliphatic rings. The monoisotopic (exact) mass is 383 g/mol. The average molecular weight is 383 g/mol. The number of halogens is 1. The Kier molecular flexibility index (Phi) is 4.80. The minimum absolute atomic E-state index is 0.698. The molecule has 0 amide bonds. The van der Waals surface area contributed by atoms with Crippen LogP contribution in [0.15, 0.2) is 18.2 Å². The topological polar surface area (TPSA) is 47.0 Å². The van der Waals surface area contributed by atoms with E-state index in [9.17, 15) is 0 Å². The van der Waals surface area contributed by atoms with Crippen LogP contribution in [0.25, 0.3) is 11.4 Å². The SMILES string of the molecule is CCc1nc(-c2ccc(C)cc2OC)nc(NC)c1I. The maximum Gasteiger partial charge on any atom is 0.165 e. The first-order valence-electron chi connectivity index (χ1n) is 6.49. The molecule has 0 atom stereocenters. The smallest absolute Gasteiger partial charge is 0.165 e. The lowest BCUT2D eigenvalue weighted by molar-refractivity contribution is 0.416. The summed E-state index contributed by atoms with van der Waals surface area (Å²) in [6, 6.07) is 6.06. The van der Waals surface area contributed by atoms with Crippen molar-refractivity contribution in [2.45, 2.75) is 20.3 Å². The molecule has 0 fully saturated rings. The zero-order valence-corrected chi connectivity index (χ0v) is 14.3.